The van der Waals surface area contributed by atoms with E-state index in [-0.39, 0.29) is 18.1 Å². The summed E-state index contributed by atoms with van der Waals surface area (Å²) in [5.74, 6) is 2.19. The van der Waals surface area contributed by atoms with E-state index in [2.05, 4.69) is 9.55 Å². The number of hydrogen-bond acceptors (Lipinski definition) is 6. The van der Waals surface area contributed by atoms with Crippen LogP contribution in [0.5, 0.6) is 11.5 Å². The van der Waals surface area contributed by atoms with Gasteiger partial charge in [0.2, 0.25) is 0 Å². The SMILES string of the molecule is COc1cc(OC)cc(C(=O)N2CCC(n3c([C@H]4CCCO4)nc4cccnc43)CC2)c1. The number of hydrogen-bond donors (Lipinski definition) is 0. The Morgan fingerprint density at radius 1 is 1.09 bits per heavy atom. The van der Waals surface area contributed by atoms with Gasteiger partial charge in [0.1, 0.15) is 28.9 Å². The maximum Gasteiger partial charge on any atom is 0.254 e. The molecule has 5 rings (SSSR count). The topological polar surface area (TPSA) is 78.7 Å². The number of carbonyl (C=O) groups is 1. The van der Waals surface area contributed by atoms with E-state index in [1.54, 1.807) is 32.4 Å². The number of fused-ring (bicyclic) bond motifs is 1. The molecule has 0 unspecified atom stereocenters. The third kappa shape index (κ3) is 3.79. The summed E-state index contributed by atoms with van der Waals surface area (Å²) in [6.07, 6.45) is 5.56. The average Bonchev–Trinajstić information content (AvgIpc) is 3.51. The van der Waals surface area contributed by atoms with Crippen molar-refractivity contribution in [3.8, 4) is 11.5 Å². The lowest BCUT2D eigenvalue weighted by molar-refractivity contribution is 0.0681. The zero-order chi connectivity index (χ0) is 22.1. The lowest BCUT2D eigenvalue weighted by atomic mass is 10.0. The van der Waals surface area contributed by atoms with Crippen molar-refractivity contribution in [2.24, 2.45) is 0 Å². The lowest BCUT2D eigenvalue weighted by Gasteiger charge is -2.34. The number of methoxy groups -OCH3 is 2. The number of pyridine rings is 1. The Hall–Kier alpha value is -3.13. The first-order valence-electron chi connectivity index (χ1n) is 11.1. The normalized spacial score (nSPS) is 19.4. The number of likely N-dealkylation sites (tertiary alicyclic amines) is 1. The number of benzene rings is 1. The average molecular weight is 437 g/mol. The molecule has 2 aromatic heterocycles. The molecule has 1 aromatic carbocycles. The summed E-state index contributed by atoms with van der Waals surface area (Å²) in [7, 11) is 3.17. The summed E-state index contributed by atoms with van der Waals surface area (Å²) in [4.78, 5) is 24.6. The first kappa shape index (κ1) is 20.8. The van der Waals surface area contributed by atoms with Gasteiger partial charge in [-0.25, -0.2) is 9.97 Å². The van der Waals surface area contributed by atoms with Crippen molar-refractivity contribution in [2.45, 2.75) is 37.8 Å². The van der Waals surface area contributed by atoms with Crippen LogP contribution >= 0.6 is 0 Å². The highest BCUT2D eigenvalue weighted by atomic mass is 16.5. The molecule has 0 aliphatic carbocycles. The van der Waals surface area contributed by atoms with Gasteiger partial charge in [-0.3, -0.25) is 4.79 Å². The van der Waals surface area contributed by atoms with Gasteiger partial charge in [-0.15, -0.1) is 0 Å². The summed E-state index contributed by atoms with van der Waals surface area (Å²) >= 11 is 0. The Bertz CT molecular complexity index is 1090. The molecule has 2 fully saturated rings. The zero-order valence-electron chi connectivity index (χ0n) is 18.5. The van der Waals surface area contributed by atoms with Crippen molar-refractivity contribution in [1.82, 2.24) is 19.4 Å². The van der Waals surface area contributed by atoms with E-state index in [9.17, 15) is 4.79 Å². The molecular formula is C24H28N4O4. The molecule has 0 spiro atoms. The van der Waals surface area contributed by atoms with Crippen LogP contribution in [0.4, 0.5) is 0 Å². The van der Waals surface area contributed by atoms with Gasteiger partial charge in [-0.05, 0) is 49.9 Å². The minimum absolute atomic E-state index is 0.00591. The largest absolute Gasteiger partial charge is 0.497 e. The molecule has 0 radical (unpaired) electrons. The maximum absolute atomic E-state index is 13.2. The first-order chi connectivity index (χ1) is 15.7. The van der Waals surface area contributed by atoms with Gasteiger partial charge in [0.05, 0.1) is 14.2 Å². The van der Waals surface area contributed by atoms with Gasteiger partial charge in [0.25, 0.3) is 5.91 Å². The molecule has 3 aromatic rings. The van der Waals surface area contributed by atoms with Gasteiger partial charge in [0.15, 0.2) is 5.65 Å². The zero-order valence-corrected chi connectivity index (χ0v) is 18.5. The van der Waals surface area contributed by atoms with E-state index in [4.69, 9.17) is 19.2 Å². The third-order valence-corrected chi connectivity index (χ3v) is 6.41. The molecule has 8 nitrogen and oxygen atoms in total. The molecule has 32 heavy (non-hydrogen) atoms. The van der Waals surface area contributed by atoms with E-state index in [1.165, 1.54) is 0 Å². The van der Waals surface area contributed by atoms with Crippen LogP contribution in [-0.2, 0) is 4.74 Å². The second-order valence-electron chi connectivity index (χ2n) is 8.31. The van der Waals surface area contributed by atoms with Crippen molar-refractivity contribution in [1.29, 1.82) is 0 Å². The predicted molar refractivity (Wildman–Crippen MR) is 119 cm³/mol. The van der Waals surface area contributed by atoms with Crippen LogP contribution in [0.2, 0.25) is 0 Å². The van der Waals surface area contributed by atoms with Crippen LogP contribution in [0, 0.1) is 0 Å². The van der Waals surface area contributed by atoms with Crippen LogP contribution in [-0.4, -0.2) is 59.3 Å². The highest BCUT2D eigenvalue weighted by molar-refractivity contribution is 5.95. The van der Waals surface area contributed by atoms with Crippen molar-refractivity contribution in [2.75, 3.05) is 33.9 Å². The molecule has 2 aliphatic rings. The number of nitrogens with zero attached hydrogens (tertiary/aromatic N) is 4. The quantitative estimate of drug-likeness (QED) is 0.606. The number of imidazole rings is 1. The van der Waals surface area contributed by atoms with Gasteiger partial charge in [0, 0.05) is 43.6 Å². The minimum atomic E-state index is -0.00591. The number of amides is 1. The van der Waals surface area contributed by atoms with Crippen molar-refractivity contribution in [3.05, 3.63) is 47.9 Å². The van der Waals surface area contributed by atoms with Crippen LogP contribution < -0.4 is 9.47 Å². The van der Waals surface area contributed by atoms with Gasteiger partial charge in [-0.1, -0.05) is 0 Å². The number of aromatic nitrogens is 3. The second-order valence-corrected chi connectivity index (χ2v) is 8.31. The highest BCUT2D eigenvalue weighted by Crippen LogP contribution is 2.35. The Kier molecular flexibility index (Phi) is 5.70. The molecule has 1 atom stereocenters. The smallest absolute Gasteiger partial charge is 0.254 e. The Morgan fingerprint density at radius 3 is 2.50 bits per heavy atom. The van der Waals surface area contributed by atoms with E-state index in [0.29, 0.717) is 30.2 Å². The maximum atomic E-state index is 13.2. The molecule has 8 heteroatoms. The molecule has 2 aliphatic heterocycles. The predicted octanol–water partition coefficient (Wildman–Crippen LogP) is 3.78. The number of rotatable bonds is 5. The molecule has 168 valence electrons. The number of ether oxygens (including phenoxy) is 3. The number of carbonyl (C=O) groups excluding carboxylic acids is 1. The monoisotopic (exact) mass is 436 g/mol. The van der Waals surface area contributed by atoms with E-state index >= 15 is 0 Å². The standard InChI is InChI=1S/C24H28N4O4/c1-30-18-13-16(14-19(15-18)31-2)24(29)27-10-7-17(8-11-27)28-22-20(5-3-9-25-22)26-23(28)21-6-4-12-32-21/h3,5,9,13-15,17,21H,4,6-8,10-12H2,1-2H3/t21-/m1/s1. The molecular weight excluding hydrogens is 408 g/mol. The summed E-state index contributed by atoms with van der Waals surface area (Å²) in [5, 5.41) is 0. The molecule has 2 saturated heterocycles. The Labute approximate surface area is 187 Å². The van der Waals surface area contributed by atoms with E-state index in [0.717, 1.165) is 49.3 Å². The highest BCUT2D eigenvalue weighted by Gasteiger charge is 2.31. The van der Waals surface area contributed by atoms with Gasteiger partial charge < -0.3 is 23.7 Å². The van der Waals surface area contributed by atoms with Crippen molar-refractivity contribution >= 4 is 17.1 Å². The fourth-order valence-corrected chi connectivity index (χ4v) is 4.76. The Balaban J connectivity index is 1.37. The van der Waals surface area contributed by atoms with Crippen LogP contribution in [0.15, 0.2) is 36.5 Å². The van der Waals surface area contributed by atoms with Gasteiger partial charge in [-0.2, -0.15) is 0 Å². The van der Waals surface area contributed by atoms with Gasteiger partial charge >= 0.3 is 0 Å². The summed E-state index contributed by atoms with van der Waals surface area (Å²) in [6.45, 7) is 2.11. The lowest BCUT2D eigenvalue weighted by Crippen LogP contribution is -2.39. The van der Waals surface area contributed by atoms with Crippen molar-refractivity contribution in [3.63, 3.8) is 0 Å². The molecule has 1 amide bonds. The van der Waals surface area contributed by atoms with Crippen LogP contribution in [0.3, 0.4) is 0 Å². The summed E-state index contributed by atoms with van der Waals surface area (Å²) in [6, 6.07) is 9.46. The van der Waals surface area contributed by atoms with Crippen molar-refractivity contribution < 1.29 is 19.0 Å². The van der Waals surface area contributed by atoms with Crippen LogP contribution in [0.25, 0.3) is 11.2 Å². The van der Waals surface area contributed by atoms with Crippen LogP contribution in [0.1, 0.15) is 54.0 Å². The Morgan fingerprint density at radius 2 is 1.84 bits per heavy atom. The second kappa shape index (κ2) is 8.78. The minimum Gasteiger partial charge on any atom is -0.497 e. The molecule has 4 heterocycles. The summed E-state index contributed by atoms with van der Waals surface area (Å²) < 4.78 is 18.9. The molecule has 0 bridgehead atoms. The molecule has 0 N–H and O–H groups in total. The molecule has 0 saturated carbocycles. The fourth-order valence-electron chi connectivity index (χ4n) is 4.76. The van der Waals surface area contributed by atoms with E-state index < -0.39 is 0 Å². The third-order valence-electron chi connectivity index (χ3n) is 6.41. The first-order valence-corrected chi connectivity index (χ1v) is 11.1. The number of piperidine rings is 1. The fraction of sp³-hybridized carbons (Fsp3) is 0.458. The van der Waals surface area contributed by atoms with E-state index in [1.807, 2.05) is 23.2 Å². The summed E-state index contributed by atoms with van der Waals surface area (Å²) in [5.41, 5.74) is 2.38.